The van der Waals surface area contributed by atoms with Gasteiger partial charge in [-0.15, -0.1) is 0 Å². The number of aryl methyl sites for hydroxylation is 1. The number of amides is 1. The lowest BCUT2D eigenvalue weighted by molar-refractivity contribution is -0.140. The van der Waals surface area contributed by atoms with E-state index in [0.717, 1.165) is 43.6 Å². The summed E-state index contributed by atoms with van der Waals surface area (Å²) < 4.78 is 11.2. The van der Waals surface area contributed by atoms with Crippen molar-refractivity contribution in [2.45, 2.75) is 52.5 Å². The molecule has 2 aromatic rings. The van der Waals surface area contributed by atoms with Gasteiger partial charge < -0.3 is 19.5 Å². The molecule has 2 aliphatic rings. The summed E-state index contributed by atoms with van der Waals surface area (Å²) in [7, 11) is 0. The number of morpholine rings is 1. The summed E-state index contributed by atoms with van der Waals surface area (Å²) >= 11 is 0. The molecule has 0 aliphatic carbocycles. The molecule has 0 spiro atoms. The Bertz CT molecular complexity index is 1170. The molecule has 7 heteroatoms. The second kappa shape index (κ2) is 12.6. The Labute approximate surface area is 226 Å². The number of rotatable bonds is 10. The van der Waals surface area contributed by atoms with Crippen LogP contribution in [0.4, 0.5) is 0 Å². The predicted molar refractivity (Wildman–Crippen MR) is 148 cm³/mol. The van der Waals surface area contributed by atoms with E-state index in [1.807, 2.05) is 44.2 Å². The van der Waals surface area contributed by atoms with E-state index in [9.17, 15) is 14.7 Å². The van der Waals surface area contributed by atoms with E-state index in [0.29, 0.717) is 43.6 Å². The Morgan fingerprint density at radius 3 is 2.42 bits per heavy atom. The maximum Gasteiger partial charge on any atom is 0.295 e. The zero-order valence-corrected chi connectivity index (χ0v) is 23.0. The van der Waals surface area contributed by atoms with Gasteiger partial charge in [0.2, 0.25) is 0 Å². The van der Waals surface area contributed by atoms with Crippen molar-refractivity contribution in [3.63, 3.8) is 0 Å². The summed E-state index contributed by atoms with van der Waals surface area (Å²) in [6, 6.07) is 12.8. The highest BCUT2D eigenvalue weighted by Crippen LogP contribution is 2.40. The number of nitrogens with zero attached hydrogens (tertiary/aromatic N) is 2. The molecule has 1 N–H and O–H groups in total. The normalized spacial score (nSPS) is 19.9. The van der Waals surface area contributed by atoms with E-state index in [2.05, 4.69) is 18.7 Å². The minimum Gasteiger partial charge on any atom is -0.507 e. The van der Waals surface area contributed by atoms with Crippen LogP contribution in [0, 0.1) is 6.92 Å². The highest BCUT2D eigenvalue weighted by atomic mass is 16.5. The Hall–Kier alpha value is -3.16. The third-order valence-electron chi connectivity index (χ3n) is 7.36. The van der Waals surface area contributed by atoms with Gasteiger partial charge in [0.25, 0.3) is 11.7 Å². The molecule has 2 saturated heterocycles. The van der Waals surface area contributed by atoms with Crippen molar-refractivity contribution >= 4 is 17.4 Å². The summed E-state index contributed by atoms with van der Waals surface area (Å²) in [6.45, 7) is 13.2. The van der Waals surface area contributed by atoms with Gasteiger partial charge >= 0.3 is 0 Å². The molecule has 2 fully saturated rings. The van der Waals surface area contributed by atoms with Crippen LogP contribution in [0.3, 0.4) is 0 Å². The van der Waals surface area contributed by atoms with E-state index in [4.69, 9.17) is 9.47 Å². The fraction of sp³-hybridized carbons (Fsp3) is 0.484. The number of carbonyl (C=O) groups excluding carboxylic acids is 2. The van der Waals surface area contributed by atoms with E-state index in [-0.39, 0.29) is 11.3 Å². The van der Waals surface area contributed by atoms with E-state index >= 15 is 0 Å². The SMILES string of the molecule is CCCOc1ccc(/C(O)=C2/C(=O)C(=O)N(CCCN3CCOCC3)C2c2ccc(C(C)C)cc2)c(C)c1. The lowest BCUT2D eigenvalue weighted by atomic mass is 9.92. The molecule has 2 aromatic carbocycles. The molecule has 0 saturated carbocycles. The molecular weight excluding hydrogens is 480 g/mol. The molecule has 2 aliphatic heterocycles. The maximum absolute atomic E-state index is 13.4. The molecule has 4 rings (SSSR count). The summed E-state index contributed by atoms with van der Waals surface area (Å²) in [5, 5.41) is 11.5. The van der Waals surface area contributed by atoms with E-state index in [1.54, 1.807) is 17.0 Å². The van der Waals surface area contributed by atoms with Gasteiger partial charge in [-0.3, -0.25) is 14.5 Å². The number of carbonyl (C=O) groups is 2. The number of likely N-dealkylation sites (tertiary alicyclic amines) is 1. The van der Waals surface area contributed by atoms with Gasteiger partial charge in [0.1, 0.15) is 11.5 Å². The van der Waals surface area contributed by atoms with Crippen LogP contribution in [0.5, 0.6) is 5.75 Å². The second-order valence-electron chi connectivity index (χ2n) is 10.4. The van der Waals surface area contributed by atoms with Crippen LogP contribution in [-0.2, 0) is 14.3 Å². The number of aliphatic hydroxyl groups is 1. The summed E-state index contributed by atoms with van der Waals surface area (Å²) in [5.41, 5.74) is 3.45. The fourth-order valence-corrected chi connectivity index (χ4v) is 5.17. The van der Waals surface area contributed by atoms with Crippen molar-refractivity contribution in [3.8, 4) is 5.75 Å². The fourth-order valence-electron chi connectivity index (χ4n) is 5.17. The van der Waals surface area contributed by atoms with Gasteiger partial charge in [0.05, 0.1) is 31.4 Å². The van der Waals surface area contributed by atoms with Crippen LogP contribution in [0.2, 0.25) is 0 Å². The number of hydrogen-bond acceptors (Lipinski definition) is 6. The quantitative estimate of drug-likeness (QED) is 0.268. The van der Waals surface area contributed by atoms with Crippen LogP contribution in [0.25, 0.3) is 5.76 Å². The first-order chi connectivity index (χ1) is 18.3. The minimum absolute atomic E-state index is 0.142. The highest BCUT2D eigenvalue weighted by molar-refractivity contribution is 6.46. The van der Waals surface area contributed by atoms with Crippen LogP contribution < -0.4 is 4.74 Å². The van der Waals surface area contributed by atoms with Gasteiger partial charge in [-0.05, 0) is 60.6 Å². The monoisotopic (exact) mass is 520 g/mol. The Kier molecular flexibility index (Phi) is 9.23. The lowest BCUT2D eigenvalue weighted by Gasteiger charge is -2.29. The largest absolute Gasteiger partial charge is 0.507 e. The highest BCUT2D eigenvalue weighted by Gasteiger charge is 2.46. The van der Waals surface area contributed by atoms with Gasteiger partial charge in [-0.25, -0.2) is 0 Å². The maximum atomic E-state index is 13.4. The Morgan fingerprint density at radius 2 is 1.79 bits per heavy atom. The first-order valence-corrected chi connectivity index (χ1v) is 13.7. The topological polar surface area (TPSA) is 79.3 Å². The zero-order valence-electron chi connectivity index (χ0n) is 23.0. The van der Waals surface area contributed by atoms with Crippen molar-refractivity contribution in [1.29, 1.82) is 0 Å². The molecular formula is C31H40N2O5. The summed E-state index contributed by atoms with van der Waals surface area (Å²) in [4.78, 5) is 30.7. The third kappa shape index (κ3) is 6.11. The third-order valence-corrected chi connectivity index (χ3v) is 7.36. The van der Waals surface area contributed by atoms with Crippen LogP contribution in [-0.4, -0.2) is 72.6 Å². The van der Waals surface area contributed by atoms with Crippen molar-refractivity contribution in [2.75, 3.05) is 46.0 Å². The standard InChI is InChI=1S/C31H40N2O5/c1-5-17-38-25-11-12-26(22(4)20-25)29(34)27-28(24-9-7-23(8-10-24)21(2)3)33(31(36)30(27)35)14-6-13-32-15-18-37-19-16-32/h7-12,20-21,28,34H,5-6,13-19H2,1-4H3/b29-27-. The van der Waals surface area contributed by atoms with Gasteiger partial charge in [-0.1, -0.05) is 45.0 Å². The molecule has 0 aromatic heterocycles. The van der Waals surface area contributed by atoms with Crippen molar-refractivity contribution in [3.05, 3.63) is 70.3 Å². The lowest BCUT2D eigenvalue weighted by Crippen LogP contribution is -2.38. The molecule has 1 atom stereocenters. The molecule has 1 unspecified atom stereocenters. The van der Waals surface area contributed by atoms with Crippen LogP contribution in [0.1, 0.15) is 67.8 Å². The van der Waals surface area contributed by atoms with E-state index < -0.39 is 17.7 Å². The predicted octanol–water partition coefficient (Wildman–Crippen LogP) is 5.05. The van der Waals surface area contributed by atoms with Crippen LogP contribution >= 0.6 is 0 Å². The summed E-state index contributed by atoms with van der Waals surface area (Å²) in [5.74, 6) is -0.272. The van der Waals surface area contributed by atoms with Crippen molar-refractivity contribution in [1.82, 2.24) is 9.80 Å². The zero-order chi connectivity index (χ0) is 27.2. The van der Waals surface area contributed by atoms with Gasteiger partial charge in [-0.2, -0.15) is 0 Å². The molecule has 7 nitrogen and oxygen atoms in total. The Morgan fingerprint density at radius 1 is 1.08 bits per heavy atom. The number of benzene rings is 2. The number of aliphatic hydroxyl groups excluding tert-OH is 1. The molecule has 204 valence electrons. The van der Waals surface area contributed by atoms with E-state index in [1.165, 1.54) is 5.56 Å². The second-order valence-corrected chi connectivity index (χ2v) is 10.4. The number of ether oxygens (including phenoxy) is 2. The molecule has 38 heavy (non-hydrogen) atoms. The number of hydrogen-bond donors (Lipinski definition) is 1. The first kappa shape index (κ1) is 27.9. The molecule has 2 heterocycles. The smallest absolute Gasteiger partial charge is 0.295 e. The van der Waals surface area contributed by atoms with Crippen molar-refractivity contribution < 1.29 is 24.2 Å². The average Bonchev–Trinajstić information content (AvgIpc) is 3.17. The van der Waals surface area contributed by atoms with Gasteiger partial charge in [0, 0.05) is 31.7 Å². The first-order valence-electron chi connectivity index (χ1n) is 13.7. The number of Topliss-reactive ketones (excluding diaryl/α,β-unsaturated/α-hetero) is 1. The van der Waals surface area contributed by atoms with Gasteiger partial charge in [0.15, 0.2) is 0 Å². The number of ketones is 1. The minimum atomic E-state index is -0.642. The van der Waals surface area contributed by atoms with Crippen molar-refractivity contribution in [2.24, 2.45) is 0 Å². The molecule has 0 bridgehead atoms. The Balaban J connectivity index is 1.68. The molecule has 0 radical (unpaired) electrons. The van der Waals surface area contributed by atoms with Crippen LogP contribution in [0.15, 0.2) is 48.0 Å². The molecule has 1 amide bonds. The average molecular weight is 521 g/mol. The summed E-state index contributed by atoms with van der Waals surface area (Å²) in [6.07, 6.45) is 1.63.